The number of benzene rings is 2. The minimum Gasteiger partial charge on any atom is -0.321 e. The molecule has 25 heavy (non-hydrogen) atoms. The van der Waals surface area contributed by atoms with Gasteiger partial charge in [-0.15, -0.1) is 0 Å². The van der Waals surface area contributed by atoms with Crippen molar-refractivity contribution in [3.8, 4) is 0 Å². The number of nitrogens with one attached hydrogen (secondary N) is 1. The zero-order chi connectivity index (χ0) is 18.9. The highest BCUT2D eigenvalue weighted by molar-refractivity contribution is 9.11. The van der Waals surface area contributed by atoms with Gasteiger partial charge >= 0.3 is 0 Å². The molecule has 5 nitrogen and oxygen atoms in total. The quantitative estimate of drug-likeness (QED) is 0.694. The van der Waals surface area contributed by atoms with Crippen molar-refractivity contribution in [3.05, 3.63) is 56.0 Å². The maximum atomic E-state index is 12.6. The second kappa shape index (κ2) is 7.57. The van der Waals surface area contributed by atoms with Gasteiger partial charge in [-0.2, -0.15) is 0 Å². The molecule has 0 aliphatic rings. The zero-order valence-electron chi connectivity index (χ0n) is 14.2. The van der Waals surface area contributed by atoms with Crippen LogP contribution in [0, 0.1) is 13.8 Å². The highest BCUT2D eigenvalue weighted by Gasteiger charge is 2.23. The Bertz CT molecular complexity index is 941. The monoisotopic (exact) mass is 488 g/mol. The van der Waals surface area contributed by atoms with E-state index >= 15 is 0 Å². The van der Waals surface area contributed by atoms with Crippen molar-refractivity contribution >= 4 is 53.5 Å². The minimum atomic E-state index is -3.64. The van der Waals surface area contributed by atoms with Crippen LogP contribution in [0.5, 0.6) is 0 Å². The van der Waals surface area contributed by atoms with Gasteiger partial charge in [-0.1, -0.05) is 15.9 Å². The van der Waals surface area contributed by atoms with Gasteiger partial charge < -0.3 is 5.32 Å². The Morgan fingerprint density at radius 3 is 2.32 bits per heavy atom. The van der Waals surface area contributed by atoms with Crippen molar-refractivity contribution in [1.82, 2.24) is 4.31 Å². The summed E-state index contributed by atoms with van der Waals surface area (Å²) in [5, 5.41) is 2.80. The predicted molar refractivity (Wildman–Crippen MR) is 107 cm³/mol. The molecular formula is C17H18Br2N2O3S. The van der Waals surface area contributed by atoms with E-state index in [4.69, 9.17) is 0 Å². The molecule has 134 valence electrons. The molecule has 0 atom stereocenters. The summed E-state index contributed by atoms with van der Waals surface area (Å²) >= 11 is 6.75. The molecule has 1 N–H and O–H groups in total. The van der Waals surface area contributed by atoms with Crippen LogP contribution in [0.4, 0.5) is 5.69 Å². The van der Waals surface area contributed by atoms with Crippen LogP contribution < -0.4 is 5.32 Å². The number of hydrogen-bond acceptors (Lipinski definition) is 3. The normalized spacial score (nSPS) is 11.6. The fourth-order valence-corrected chi connectivity index (χ4v) is 4.13. The summed E-state index contributed by atoms with van der Waals surface area (Å²) in [6.07, 6.45) is 0. The summed E-state index contributed by atoms with van der Waals surface area (Å²) in [7, 11) is -0.702. The highest BCUT2D eigenvalue weighted by atomic mass is 79.9. The molecular weight excluding hydrogens is 472 g/mol. The summed E-state index contributed by atoms with van der Waals surface area (Å²) in [5.74, 6) is -0.378. The van der Waals surface area contributed by atoms with Crippen LogP contribution in [0.25, 0.3) is 0 Å². The maximum Gasteiger partial charge on any atom is 0.255 e. The van der Waals surface area contributed by atoms with Gasteiger partial charge in [0.25, 0.3) is 5.91 Å². The molecule has 0 aromatic heterocycles. The Labute approximate surface area is 164 Å². The van der Waals surface area contributed by atoms with Crippen molar-refractivity contribution in [1.29, 1.82) is 0 Å². The summed E-state index contributed by atoms with van der Waals surface area (Å²) in [5.41, 5.74) is 2.25. The standard InChI is InChI=1S/C17H18Br2N2O3S/c1-10-7-12(8-16(11(10)2)25(23,24)21(3)4)17(22)20-15-9-13(18)5-6-14(15)19/h5-9H,1-4H3,(H,20,22). The first-order chi connectivity index (χ1) is 11.5. The number of carbonyl (C=O) groups excluding carboxylic acids is 1. The van der Waals surface area contributed by atoms with Crippen LogP contribution >= 0.6 is 31.9 Å². The van der Waals surface area contributed by atoms with Crippen molar-refractivity contribution in [2.75, 3.05) is 19.4 Å². The molecule has 0 fully saturated rings. The van der Waals surface area contributed by atoms with Crippen LogP contribution in [0.2, 0.25) is 0 Å². The van der Waals surface area contributed by atoms with E-state index in [0.717, 1.165) is 18.8 Å². The summed E-state index contributed by atoms with van der Waals surface area (Å²) in [6.45, 7) is 3.52. The fraction of sp³-hybridized carbons (Fsp3) is 0.235. The molecule has 0 radical (unpaired) electrons. The molecule has 0 unspecified atom stereocenters. The molecule has 2 rings (SSSR count). The number of anilines is 1. The van der Waals surface area contributed by atoms with Crippen molar-refractivity contribution in [2.24, 2.45) is 0 Å². The smallest absolute Gasteiger partial charge is 0.255 e. The number of nitrogens with zero attached hydrogens (tertiary/aromatic N) is 1. The number of hydrogen-bond donors (Lipinski definition) is 1. The summed E-state index contributed by atoms with van der Waals surface area (Å²) in [4.78, 5) is 12.8. The van der Waals surface area contributed by atoms with Crippen LogP contribution in [0.15, 0.2) is 44.2 Å². The second-order valence-electron chi connectivity index (χ2n) is 5.78. The molecule has 0 saturated heterocycles. The first kappa shape index (κ1) is 20.1. The Morgan fingerprint density at radius 2 is 1.72 bits per heavy atom. The van der Waals surface area contributed by atoms with Crippen LogP contribution in [0.1, 0.15) is 21.5 Å². The molecule has 1 amide bonds. The van der Waals surface area contributed by atoms with Gasteiger partial charge in [-0.25, -0.2) is 12.7 Å². The second-order valence-corrected chi connectivity index (χ2v) is 9.67. The topological polar surface area (TPSA) is 66.5 Å². The number of rotatable bonds is 4. The van der Waals surface area contributed by atoms with Crippen molar-refractivity contribution < 1.29 is 13.2 Å². The van der Waals surface area contributed by atoms with E-state index in [-0.39, 0.29) is 16.4 Å². The minimum absolute atomic E-state index is 0.135. The lowest BCUT2D eigenvalue weighted by molar-refractivity contribution is 0.102. The molecule has 0 aliphatic carbocycles. The Morgan fingerprint density at radius 1 is 1.08 bits per heavy atom. The molecule has 0 saturated carbocycles. The number of amides is 1. The third kappa shape index (κ3) is 4.31. The molecule has 0 aliphatic heterocycles. The Hall–Kier alpha value is -1.22. The first-order valence-electron chi connectivity index (χ1n) is 7.34. The Kier molecular flexibility index (Phi) is 6.09. The number of carbonyl (C=O) groups is 1. The molecule has 0 bridgehead atoms. The average molecular weight is 490 g/mol. The van der Waals surface area contributed by atoms with E-state index < -0.39 is 10.0 Å². The number of sulfonamides is 1. The first-order valence-corrected chi connectivity index (χ1v) is 10.4. The molecule has 8 heteroatoms. The van der Waals surface area contributed by atoms with Crippen molar-refractivity contribution in [2.45, 2.75) is 18.7 Å². The van der Waals surface area contributed by atoms with E-state index in [2.05, 4.69) is 37.2 Å². The predicted octanol–water partition coefficient (Wildman–Crippen LogP) is 4.33. The molecule has 0 heterocycles. The van der Waals surface area contributed by atoms with Gasteiger partial charge in [0.1, 0.15) is 0 Å². The lowest BCUT2D eigenvalue weighted by Crippen LogP contribution is -2.24. The van der Waals surface area contributed by atoms with Gasteiger partial charge in [-0.05, 0) is 71.2 Å². The lowest BCUT2D eigenvalue weighted by Gasteiger charge is -2.17. The molecule has 2 aromatic rings. The van der Waals surface area contributed by atoms with E-state index in [1.807, 2.05) is 12.1 Å². The van der Waals surface area contributed by atoms with Crippen LogP contribution in [-0.4, -0.2) is 32.7 Å². The molecule has 2 aromatic carbocycles. The van der Waals surface area contributed by atoms with Gasteiger partial charge in [0.2, 0.25) is 10.0 Å². The number of halogens is 2. The third-order valence-electron chi connectivity index (χ3n) is 3.82. The van der Waals surface area contributed by atoms with E-state index in [9.17, 15) is 13.2 Å². The van der Waals surface area contributed by atoms with E-state index in [1.54, 1.807) is 26.0 Å². The summed E-state index contributed by atoms with van der Waals surface area (Å²) < 4.78 is 27.7. The fourth-order valence-electron chi connectivity index (χ4n) is 2.21. The van der Waals surface area contributed by atoms with Crippen LogP contribution in [0.3, 0.4) is 0 Å². The van der Waals surface area contributed by atoms with Crippen molar-refractivity contribution in [3.63, 3.8) is 0 Å². The van der Waals surface area contributed by atoms with Crippen LogP contribution in [-0.2, 0) is 10.0 Å². The Balaban J connectivity index is 2.48. The van der Waals surface area contributed by atoms with Gasteiger partial charge in [0.15, 0.2) is 0 Å². The van der Waals surface area contributed by atoms with Gasteiger partial charge in [0.05, 0.1) is 10.6 Å². The SMILES string of the molecule is Cc1cc(C(=O)Nc2cc(Br)ccc2Br)cc(S(=O)(=O)N(C)C)c1C. The van der Waals surface area contributed by atoms with Gasteiger partial charge in [-0.3, -0.25) is 4.79 Å². The molecule has 0 spiro atoms. The van der Waals surface area contributed by atoms with Gasteiger partial charge in [0, 0.05) is 28.6 Å². The zero-order valence-corrected chi connectivity index (χ0v) is 18.2. The third-order valence-corrected chi connectivity index (χ3v) is 6.94. The number of aryl methyl sites for hydroxylation is 1. The highest BCUT2D eigenvalue weighted by Crippen LogP contribution is 2.28. The largest absolute Gasteiger partial charge is 0.321 e. The average Bonchev–Trinajstić information content (AvgIpc) is 2.52. The summed E-state index contributed by atoms with van der Waals surface area (Å²) in [6, 6.07) is 8.52. The maximum absolute atomic E-state index is 12.6. The van der Waals surface area contributed by atoms with E-state index in [0.29, 0.717) is 11.3 Å². The lowest BCUT2D eigenvalue weighted by atomic mass is 10.1. The van der Waals surface area contributed by atoms with E-state index in [1.165, 1.54) is 20.2 Å².